The van der Waals surface area contributed by atoms with Crippen LogP contribution in [0.2, 0.25) is 5.15 Å². The number of hydrogen-bond donors (Lipinski definition) is 1. The first-order valence-electron chi connectivity index (χ1n) is 5.20. The summed E-state index contributed by atoms with van der Waals surface area (Å²) in [6.45, 7) is 2.20. The van der Waals surface area contributed by atoms with E-state index in [1.807, 2.05) is 6.92 Å². The first kappa shape index (κ1) is 11.9. The molecule has 0 saturated carbocycles. The van der Waals surface area contributed by atoms with Gasteiger partial charge in [0.25, 0.3) is 0 Å². The van der Waals surface area contributed by atoms with Gasteiger partial charge in [-0.15, -0.1) is 0 Å². The predicted molar refractivity (Wildman–Crippen MR) is 60.3 cm³/mol. The van der Waals surface area contributed by atoms with Gasteiger partial charge in [-0.25, -0.2) is 14.8 Å². The average molecular weight is 258 g/mol. The predicted octanol–water partition coefficient (Wildman–Crippen LogP) is 1.65. The normalized spacial score (nSPS) is 23.8. The zero-order chi connectivity index (χ0) is 12.4. The molecular weight excluding hydrogens is 246 g/mol. The highest BCUT2D eigenvalue weighted by Gasteiger charge is 2.33. The summed E-state index contributed by atoms with van der Waals surface area (Å²) in [7, 11) is 0. The highest BCUT2D eigenvalue weighted by atomic mass is 35.5. The largest absolute Gasteiger partial charge is 0.471 e. The van der Waals surface area contributed by atoms with Gasteiger partial charge in [0.1, 0.15) is 11.3 Å². The number of amides is 1. The van der Waals surface area contributed by atoms with E-state index in [-0.39, 0.29) is 12.1 Å². The summed E-state index contributed by atoms with van der Waals surface area (Å²) in [5, 5.41) is 9.22. The third-order valence-corrected chi connectivity index (χ3v) is 2.86. The summed E-state index contributed by atoms with van der Waals surface area (Å²) in [5.74, 6) is 0.360. The van der Waals surface area contributed by atoms with Crippen LogP contribution < -0.4 is 4.74 Å². The van der Waals surface area contributed by atoms with Crippen molar-refractivity contribution >= 4 is 17.7 Å². The number of ether oxygens (including phenoxy) is 1. The third-order valence-electron chi connectivity index (χ3n) is 2.67. The average Bonchev–Trinajstić information content (AvgIpc) is 2.63. The fourth-order valence-corrected chi connectivity index (χ4v) is 1.96. The summed E-state index contributed by atoms with van der Waals surface area (Å²) in [6.07, 6.45) is 2.36. The van der Waals surface area contributed by atoms with Crippen LogP contribution in [0, 0.1) is 0 Å². The second kappa shape index (κ2) is 4.75. The SMILES string of the molecule is C[C@H]1C[C@@H](Oc2cnc(Cl)cn2)CN1C(=O)O. The monoisotopic (exact) mass is 257 g/mol. The Balaban J connectivity index is 1.97. The van der Waals surface area contributed by atoms with Gasteiger partial charge >= 0.3 is 6.09 Å². The lowest BCUT2D eigenvalue weighted by Gasteiger charge is -2.16. The van der Waals surface area contributed by atoms with Gasteiger partial charge in [0.05, 0.1) is 18.9 Å². The Morgan fingerprint density at radius 1 is 1.59 bits per heavy atom. The van der Waals surface area contributed by atoms with Crippen LogP contribution in [0.5, 0.6) is 5.88 Å². The van der Waals surface area contributed by atoms with Gasteiger partial charge in [0.15, 0.2) is 0 Å². The van der Waals surface area contributed by atoms with E-state index in [9.17, 15) is 4.79 Å². The van der Waals surface area contributed by atoms with E-state index in [0.717, 1.165) is 0 Å². The zero-order valence-corrected chi connectivity index (χ0v) is 9.96. The molecule has 0 spiro atoms. The number of nitrogens with zero attached hydrogens (tertiary/aromatic N) is 3. The molecule has 1 aromatic rings. The molecule has 1 aliphatic rings. The van der Waals surface area contributed by atoms with E-state index in [1.165, 1.54) is 17.3 Å². The highest BCUT2D eigenvalue weighted by molar-refractivity contribution is 6.29. The van der Waals surface area contributed by atoms with Crippen LogP contribution in [0.15, 0.2) is 12.4 Å². The molecule has 0 aliphatic carbocycles. The van der Waals surface area contributed by atoms with Crippen molar-refractivity contribution in [2.75, 3.05) is 6.54 Å². The van der Waals surface area contributed by atoms with Gasteiger partial charge in [-0.1, -0.05) is 11.6 Å². The molecule has 2 atom stereocenters. The summed E-state index contributed by atoms with van der Waals surface area (Å²) in [4.78, 5) is 20.0. The molecule has 1 saturated heterocycles. The molecule has 17 heavy (non-hydrogen) atoms. The van der Waals surface area contributed by atoms with Gasteiger partial charge in [0, 0.05) is 12.5 Å². The van der Waals surface area contributed by atoms with Crippen LogP contribution in [0.1, 0.15) is 13.3 Å². The van der Waals surface area contributed by atoms with Crippen molar-refractivity contribution < 1.29 is 14.6 Å². The zero-order valence-electron chi connectivity index (χ0n) is 9.21. The van der Waals surface area contributed by atoms with E-state index in [4.69, 9.17) is 21.4 Å². The van der Waals surface area contributed by atoms with Crippen LogP contribution in [0.3, 0.4) is 0 Å². The first-order valence-corrected chi connectivity index (χ1v) is 5.58. The topological polar surface area (TPSA) is 75.6 Å². The Hall–Kier alpha value is -1.56. The molecule has 1 aliphatic heterocycles. The maximum absolute atomic E-state index is 10.9. The van der Waals surface area contributed by atoms with Crippen LogP contribution in [-0.4, -0.2) is 44.8 Å². The van der Waals surface area contributed by atoms with Crippen LogP contribution in [0.4, 0.5) is 4.79 Å². The second-order valence-corrected chi connectivity index (χ2v) is 4.32. The highest BCUT2D eigenvalue weighted by Crippen LogP contribution is 2.21. The van der Waals surface area contributed by atoms with Crippen molar-refractivity contribution in [3.8, 4) is 5.88 Å². The van der Waals surface area contributed by atoms with Gasteiger partial charge < -0.3 is 14.7 Å². The van der Waals surface area contributed by atoms with Crippen molar-refractivity contribution in [2.45, 2.75) is 25.5 Å². The number of carbonyl (C=O) groups is 1. The molecule has 0 unspecified atom stereocenters. The molecule has 0 radical (unpaired) electrons. The minimum Gasteiger partial charge on any atom is -0.471 e. The Labute approximate surface area is 103 Å². The standard InChI is InChI=1S/C10H12ClN3O3/c1-6-2-7(5-14(6)10(15)16)17-9-4-12-8(11)3-13-9/h3-4,6-7H,2,5H2,1H3,(H,15,16)/t6-,7+/m0/s1. The molecule has 2 heterocycles. The molecule has 1 N–H and O–H groups in total. The van der Waals surface area contributed by atoms with Crippen LogP contribution >= 0.6 is 11.6 Å². The fourth-order valence-electron chi connectivity index (χ4n) is 1.87. The Morgan fingerprint density at radius 2 is 2.35 bits per heavy atom. The summed E-state index contributed by atoms with van der Waals surface area (Å²) >= 11 is 5.60. The van der Waals surface area contributed by atoms with E-state index in [2.05, 4.69) is 9.97 Å². The molecule has 0 bridgehead atoms. The molecule has 7 heteroatoms. The van der Waals surface area contributed by atoms with E-state index < -0.39 is 6.09 Å². The molecular formula is C10H12ClN3O3. The number of rotatable bonds is 2. The summed E-state index contributed by atoms with van der Waals surface area (Å²) < 4.78 is 5.54. The van der Waals surface area contributed by atoms with Crippen molar-refractivity contribution in [2.24, 2.45) is 0 Å². The second-order valence-electron chi connectivity index (χ2n) is 3.94. The summed E-state index contributed by atoms with van der Waals surface area (Å²) in [6, 6.07) is -0.0437. The lowest BCUT2D eigenvalue weighted by Crippen LogP contribution is -2.33. The third kappa shape index (κ3) is 2.76. The number of carboxylic acid groups (broad SMARTS) is 1. The molecule has 1 fully saturated rings. The lowest BCUT2D eigenvalue weighted by molar-refractivity contribution is 0.136. The lowest BCUT2D eigenvalue weighted by atomic mass is 10.2. The molecule has 6 nitrogen and oxygen atoms in total. The molecule has 2 rings (SSSR count). The molecule has 1 aromatic heterocycles. The van der Waals surface area contributed by atoms with Crippen molar-refractivity contribution in [3.63, 3.8) is 0 Å². The minimum atomic E-state index is -0.925. The molecule has 92 valence electrons. The van der Waals surface area contributed by atoms with Crippen molar-refractivity contribution in [1.82, 2.24) is 14.9 Å². The Bertz CT molecular complexity index is 412. The maximum Gasteiger partial charge on any atom is 0.407 e. The van der Waals surface area contributed by atoms with Crippen molar-refractivity contribution in [3.05, 3.63) is 17.5 Å². The smallest absolute Gasteiger partial charge is 0.407 e. The Morgan fingerprint density at radius 3 is 2.88 bits per heavy atom. The van der Waals surface area contributed by atoms with Gasteiger partial charge in [-0.2, -0.15) is 0 Å². The van der Waals surface area contributed by atoms with Crippen LogP contribution in [-0.2, 0) is 0 Å². The fraction of sp³-hybridized carbons (Fsp3) is 0.500. The molecule has 0 aromatic carbocycles. The maximum atomic E-state index is 10.9. The first-order chi connectivity index (χ1) is 8.06. The van der Waals surface area contributed by atoms with Gasteiger partial charge in [0.2, 0.25) is 5.88 Å². The quantitative estimate of drug-likeness (QED) is 0.872. The van der Waals surface area contributed by atoms with E-state index in [0.29, 0.717) is 24.0 Å². The molecule has 1 amide bonds. The van der Waals surface area contributed by atoms with Crippen molar-refractivity contribution in [1.29, 1.82) is 0 Å². The van der Waals surface area contributed by atoms with E-state index in [1.54, 1.807) is 0 Å². The van der Waals surface area contributed by atoms with Crippen LogP contribution in [0.25, 0.3) is 0 Å². The minimum absolute atomic E-state index is 0.0437. The Kier molecular flexibility index (Phi) is 3.33. The number of aromatic nitrogens is 2. The van der Waals surface area contributed by atoms with Gasteiger partial charge in [-0.05, 0) is 6.92 Å². The number of hydrogen-bond acceptors (Lipinski definition) is 4. The summed E-state index contributed by atoms with van der Waals surface area (Å²) in [5.41, 5.74) is 0. The van der Waals surface area contributed by atoms with Gasteiger partial charge in [-0.3, -0.25) is 0 Å². The number of likely N-dealkylation sites (tertiary alicyclic amines) is 1. The number of halogens is 1. The van der Waals surface area contributed by atoms with E-state index >= 15 is 0 Å².